The molecule has 0 bridgehead atoms. The van der Waals surface area contributed by atoms with Crippen molar-refractivity contribution in [2.75, 3.05) is 6.54 Å². The highest BCUT2D eigenvalue weighted by Gasteiger charge is 2.53. The molecule has 3 rings (SSSR count). The smallest absolute Gasteiger partial charge is 0.270 e. The van der Waals surface area contributed by atoms with Crippen LogP contribution in [-0.4, -0.2) is 41.3 Å². The van der Waals surface area contributed by atoms with Crippen LogP contribution >= 0.6 is 0 Å². The van der Waals surface area contributed by atoms with Crippen LogP contribution in [0.3, 0.4) is 0 Å². The largest absolute Gasteiger partial charge is 0.334 e. The van der Waals surface area contributed by atoms with E-state index in [-0.39, 0.29) is 5.91 Å². The third-order valence-electron chi connectivity index (χ3n) is 5.25. The first kappa shape index (κ1) is 17.9. The van der Waals surface area contributed by atoms with Crippen molar-refractivity contribution in [1.29, 1.82) is 0 Å². The van der Waals surface area contributed by atoms with Crippen LogP contribution < -0.4 is 5.73 Å². The molecule has 2 amide bonds. The normalized spacial score (nSPS) is 31.2. The second-order valence-electron chi connectivity index (χ2n) is 7.19. The molecule has 1 aromatic carbocycles. The molecule has 1 aromatic rings. The highest BCUT2D eigenvalue weighted by molar-refractivity contribution is 5.91. The van der Waals surface area contributed by atoms with Gasteiger partial charge < -0.3 is 14.4 Å². The molecule has 1 radical (unpaired) electrons. The maximum absolute atomic E-state index is 13.3. The van der Waals surface area contributed by atoms with Crippen LogP contribution in [0.1, 0.15) is 45.6 Å². The molecule has 6 nitrogen and oxygen atoms in total. The van der Waals surface area contributed by atoms with E-state index in [1.54, 1.807) is 13.8 Å². The van der Waals surface area contributed by atoms with Gasteiger partial charge in [-0.2, -0.15) is 0 Å². The van der Waals surface area contributed by atoms with Gasteiger partial charge in [0.15, 0.2) is 18.0 Å². The van der Waals surface area contributed by atoms with E-state index in [1.807, 2.05) is 35.2 Å². The minimum atomic E-state index is -1.17. The highest BCUT2D eigenvalue weighted by Crippen LogP contribution is 2.43. The summed E-state index contributed by atoms with van der Waals surface area (Å²) in [5.74, 6) is -2.24. The maximum atomic E-state index is 13.3. The van der Waals surface area contributed by atoms with Crippen molar-refractivity contribution in [3.63, 3.8) is 0 Å². The number of carbonyl (C=O) groups is 2. The predicted octanol–water partition coefficient (Wildman–Crippen LogP) is 2.24. The summed E-state index contributed by atoms with van der Waals surface area (Å²) in [6.45, 7) is 6.00. The van der Waals surface area contributed by atoms with Crippen LogP contribution in [0.25, 0.3) is 0 Å². The molecule has 135 valence electrons. The molecule has 0 saturated carbocycles. The Morgan fingerprint density at radius 2 is 1.84 bits per heavy atom. The summed E-state index contributed by atoms with van der Waals surface area (Å²) in [6, 6.07) is 9.99. The van der Waals surface area contributed by atoms with E-state index in [1.165, 1.54) is 0 Å². The number of likely N-dealkylation sites (tertiary alicyclic amines) is 1. The Labute approximate surface area is 148 Å². The van der Waals surface area contributed by atoms with Gasteiger partial charge in [0.2, 0.25) is 0 Å². The number of hydrogen-bond donors (Lipinski definition) is 0. The van der Waals surface area contributed by atoms with Crippen LogP contribution in [0, 0.1) is 0 Å². The summed E-state index contributed by atoms with van der Waals surface area (Å²) >= 11 is 0. The van der Waals surface area contributed by atoms with Crippen LogP contribution in [0.15, 0.2) is 30.3 Å². The van der Waals surface area contributed by atoms with Crippen LogP contribution in [0.4, 0.5) is 0 Å². The van der Waals surface area contributed by atoms with Gasteiger partial charge in [0.05, 0.1) is 5.54 Å². The number of rotatable bonds is 4. The summed E-state index contributed by atoms with van der Waals surface area (Å²) in [5, 5.41) is 0. The van der Waals surface area contributed by atoms with Crippen molar-refractivity contribution >= 4 is 11.8 Å². The molecule has 2 aliphatic heterocycles. The second kappa shape index (κ2) is 6.42. The first-order chi connectivity index (χ1) is 11.8. The van der Waals surface area contributed by atoms with E-state index in [9.17, 15) is 9.59 Å². The molecule has 2 fully saturated rings. The summed E-state index contributed by atoms with van der Waals surface area (Å²) in [4.78, 5) is 26.8. The minimum absolute atomic E-state index is 0.264. The molecule has 25 heavy (non-hydrogen) atoms. The van der Waals surface area contributed by atoms with E-state index in [4.69, 9.17) is 15.2 Å². The molecule has 2 saturated heterocycles. The fourth-order valence-electron chi connectivity index (χ4n) is 4.11. The van der Waals surface area contributed by atoms with Gasteiger partial charge in [0.25, 0.3) is 11.8 Å². The standard InChI is InChI=1S/C19H25N2O4/c1-4-19(13-9-6-5-7-10-13)11-8-12-21(19)17(23)15-14(16(20)22)24-18(2,3)25-15/h5-7,9-10,14-15,20H,4,8,11-12H2,1-3H3/t14-,15+,19?/m1/s1. The van der Waals surface area contributed by atoms with E-state index in [0.717, 1.165) is 24.8 Å². The molecular formula is C19H25N2O4. The molecular weight excluding hydrogens is 320 g/mol. The summed E-state index contributed by atoms with van der Waals surface area (Å²) in [6.07, 6.45) is 0.306. The number of ether oxygens (including phenoxy) is 2. The zero-order chi connectivity index (χ0) is 18.2. The quantitative estimate of drug-likeness (QED) is 0.838. The predicted molar refractivity (Wildman–Crippen MR) is 91.3 cm³/mol. The molecule has 0 aliphatic carbocycles. The molecule has 0 aromatic heterocycles. The van der Waals surface area contributed by atoms with Gasteiger partial charge in [-0.1, -0.05) is 37.3 Å². The number of amides is 2. The number of carbonyl (C=O) groups excluding carboxylic acids is 2. The first-order valence-electron chi connectivity index (χ1n) is 8.79. The maximum Gasteiger partial charge on any atom is 0.270 e. The summed E-state index contributed by atoms with van der Waals surface area (Å²) in [5.41, 5.74) is 8.13. The Hall–Kier alpha value is -1.92. The molecule has 1 N–H and O–H groups in total. The number of benzene rings is 1. The fraction of sp³-hybridized carbons (Fsp3) is 0.579. The zero-order valence-corrected chi connectivity index (χ0v) is 15.0. The lowest BCUT2D eigenvalue weighted by Gasteiger charge is -2.40. The Morgan fingerprint density at radius 3 is 2.44 bits per heavy atom. The van der Waals surface area contributed by atoms with Crippen molar-refractivity contribution in [2.24, 2.45) is 0 Å². The lowest BCUT2D eigenvalue weighted by atomic mass is 9.84. The number of nitrogens with one attached hydrogen (secondary N) is 1. The topological polar surface area (TPSA) is 79.6 Å². The third-order valence-corrected chi connectivity index (χ3v) is 5.25. The lowest BCUT2D eigenvalue weighted by Crippen LogP contribution is -2.52. The molecule has 3 atom stereocenters. The average molecular weight is 345 g/mol. The van der Waals surface area contributed by atoms with Gasteiger partial charge in [0.1, 0.15) is 0 Å². The van der Waals surface area contributed by atoms with Gasteiger partial charge in [-0.15, -0.1) is 0 Å². The van der Waals surface area contributed by atoms with Gasteiger partial charge in [0, 0.05) is 6.54 Å². The van der Waals surface area contributed by atoms with E-state index in [2.05, 4.69) is 6.92 Å². The van der Waals surface area contributed by atoms with Gasteiger partial charge in [-0.25, -0.2) is 0 Å². The van der Waals surface area contributed by atoms with Gasteiger partial charge in [-0.05, 0) is 38.7 Å². The van der Waals surface area contributed by atoms with Crippen molar-refractivity contribution in [3.8, 4) is 0 Å². The molecule has 1 unspecified atom stereocenters. The Kier molecular flexibility index (Phi) is 4.60. The average Bonchev–Trinajstić information content (AvgIpc) is 3.16. The van der Waals surface area contributed by atoms with Gasteiger partial charge >= 0.3 is 0 Å². The molecule has 2 aliphatic rings. The van der Waals surface area contributed by atoms with E-state index < -0.39 is 29.4 Å². The monoisotopic (exact) mass is 345 g/mol. The Bertz CT molecular complexity index is 661. The van der Waals surface area contributed by atoms with Crippen molar-refractivity contribution < 1.29 is 19.1 Å². The van der Waals surface area contributed by atoms with E-state index >= 15 is 0 Å². The zero-order valence-electron chi connectivity index (χ0n) is 15.0. The van der Waals surface area contributed by atoms with Crippen molar-refractivity contribution in [2.45, 2.75) is 63.6 Å². The number of hydrogen-bond acceptors (Lipinski definition) is 4. The van der Waals surface area contributed by atoms with Crippen molar-refractivity contribution in [1.82, 2.24) is 10.6 Å². The summed E-state index contributed by atoms with van der Waals surface area (Å²) < 4.78 is 11.2. The third kappa shape index (κ3) is 3.04. The summed E-state index contributed by atoms with van der Waals surface area (Å²) in [7, 11) is 0. The Balaban J connectivity index is 1.94. The lowest BCUT2D eigenvalue weighted by molar-refractivity contribution is -0.165. The molecule has 0 spiro atoms. The minimum Gasteiger partial charge on any atom is -0.334 e. The van der Waals surface area contributed by atoms with Crippen LogP contribution in [0.2, 0.25) is 0 Å². The number of nitrogens with zero attached hydrogens (tertiary/aromatic N) is 1. The molecule has 6 heteroatoms. The van der Waals surface area contributed by atoms with E-state index in [0.29, 0.717) is 6.54 Å². The van der Waals surface area contributed by atoms with Crippen molar-refractivity contribution in [3.05, 3.63) is 35.9 Å². The van der Waals surface area contributed by atoms with Crippen LogP contribution in [0.5, 0.6) is 0 Å². The highest BCUT2D eigenvalue weighted by atomic mass is 16.8. The SMILES string of the molecule is CCC1(c2ccccc2)CCCN1C(=O)[C@H]1OC(C)(C)O[C@H]1C([NH])=O. The van der Waals surface area contributed by atoms with Gasteiger partial charge in [-0.3, -0.25) is 15.3 Å². The molecule has 2 heterocycles. The Morgan fingerprint density at radius 1 is 1.20 bits per heavy atom. The second-order valence-corrected chi connectivity index (χ2v) is 7.19. The first-order valence-corrected chi connectivity index (χ1v) is 8.79. The fourth-order valence-corrected chi connectivity index (χ4v) is 4.11. The van der Waals surface area contributed by atoms with Crippen LogP contribution in [-0.2, 0) is 24.6 Å².